The Balaban J connectivity index is 1.60. The fraction of sp³-hybridized carbons (Fsp3) is 0.316. The minimum absolute atomic E-state index is 0.231. The molecule has 25 heavy (non-hydrogen) atoms. The first-order chi connectivity index (χ1) is 12.1. The van der Waals surface area contributed by atoms with Gasteiger partial charge in [0.2, 0.25) is 0 Å². The molecule has 0 atom stereocenters. The molecule has 0 unspecified atom stereocenters. The summed E-state index contributed by atoms with van der Waals surface area (Å²) in [5.41, 5.74) is 3.16. The first kappa shape index (κ1) is 17.6. The Kier molecular flexibility index (Phi) is 5.83. The highest BCUT2D eigenvalue weighted by molar-refractivity contribution is 7.80. The zero-order valence-corrected chi connectivity index (χ0v) is 15.2. The number of hydrogen-bond acceptors (Lipinski definition) is 3. The number of halogens is 1. The molecule has 0 amide bonds. The number of para-hydroxylation sites is 2. The summed E-state index contributed by atoms with van der Waals surface area (Å²) < 4.78 is 13.0. The molecule has 1 aliphatic rings. The first-order valence-electron chi connectivity index (χ1n) is 8.43. The number of thiocarbonyl (C=S) groups is 1. The maximum Gasteiger partial charge on any atom is 0.171 e. The fourth-order valence-corrected chi connectivity index (χ4v) is 3.04. The van der Waals surface area contributed by atoms with Gasteiger partial charge in [0.15, 0.2) is 5.11 Å². The van der Waals surface area contributed by atoms with Crippen LogP contribution in [0.3, 0.4) is 0 Å². The van der Waals surface area contributed by atoms with Gasteiger partial charge in [-0.1, -0.05) is 24.3 Å². The zero-order chi connectivity index (χ0) is 17.6. The molecule has 1 fully saturated rings. The van der Waals surface area contributed by atoms with Crippen LogP contribution in [-0.2, 0) is 6.54 Å². The molecular weight excluding hydrogens is 335 g/mol. The Morgan fingerprint density at radius 3 is 2.44 bits per heavy atom. The second-order valence-corrected chi connectivity index (χ2v) is 6.65. The molecule has 0 aliphatic carbocycles. The highest BCUT2D eigenvalue weighted by Gasteiger charge is 2.17. The molecule has 0 bridgehead atoms. The highest BCUT2D eigenvalue weighted by atomic mass is 32.1. The van der Waals surface area contributed by atoms with Crippen molar-refractivity contribution in [1.29, 1.82) is 0 Å². The van der Waals surface area contributed by atoms with Crippen molar-refractivity contribution in [3.63, 3.8) is 0 Å². The van der Waals surface area contributed by atoms with E-state index in [4.69, 9.17) is 12.2 Å². The van der Waals surface area contributed by atoms with Crippen molar-refractivity contribution in [2.75, 3.05) is 43.4 Å². The van der Waals surface area contributed by atoms with Gasteiger partial charge in [-0.3, -0.25) is 0 Å². The van der Waals surface area contributed by atoms with E-state index in [-0.39, 0.29) is 5.82 Å². The standard InChI is InChI=1S/C19H23FN4S/c1-23-10-12-24(13-11-23)18-5-3-2-4-17(18)22-19(25)21-14-15-6-8-16(20)9-7-15/h2-9H,10-14H2,1H3,(H2,21,22,25). The van der Waals surface area contributed by atoms with E-state index in [9.17, 15) is 4.39 Å². The lowest BCUT2D eigenvalue weighted by Crippen LogP contribution is -2.44. The average Bonchev–Trinajstić information content (AvgIpc) is 2.63. The smallest absolute Gasteiger partial charge is 0.171 e. The number of anilines is 2. The van der Waals surface area contributed by atoms with Crippen LogP contribution < -0.4 is 15.5 Å². The minimum Gasteiger partial charge on any atom is -0.367 e. The molecule has 0 aromatic heterocycles. The summed E-state index contributed by atoms with van der Waals surface area (Å²) in [6, 6.07) is 14.6. The minimum atomic E-state index is -0.231. The predicted molar refractivity (Wildman–Crippen MR) is 106 cm³/mol. The third kappa shape index (κ3) is 4.90. The number of hydrogen-bond donors (Lipinski definition) is 2. The molecule has 1 heterocycles. The van der Waals surface area contributed by atoms with Crippen LogP contribution in [0.25, 0.3) is 0 Å². The molecule has 3 rings (SSSR count). The molecule has 1 aliphatic heterocycles. The van der Waals surface area contributed by atoms with E-state index >= 15 is 0 Å². The van der Waals surface area contributed by atoms with Crippen LogP contribution >= 0.6 is 12.2 Å². The number of piperazine rings is 1. The quantitative estimate of drug-likeness (QED) is 0.821. The van der Waals surface area contributed by atoms with E-state index in [0.717, 1.165) is 37.4 Å². The largest absolute Gasteiger partial charge is 0.367 e. The molecule has 0 spiro atoms. The van der Waals surface area contributed by atoms with Crippen LogP contribution in [0.1, 0.15) is 5.56 Å². The Hall–Kier alpha value is -2.18. The van der Waals surface area contributed by atoms with Gasteiger partial charge in [0, 0.05) is 32.7 Å². The summed E-state index contributed by atoms with van der Waals surface area (Å²) in [5, 5.41) is 7.03. The molecule has 0 saturated carbocycles. The topological polar surface area (TPSA) is 30.5 Å². The molecule has 2 aromatic carbocycles. The van der Waals surface area contributed by atoms with Crippen molar-refractivity contribution in [3.05, 3.63) is 59.9 Å². The van der Waals surface area contributed by atoms with Crippen molar-refractivity contribution >= 4 is 28.7 Å². The van der Waals surface area contributed by atoms with E-state index in [1.54, 1.807) is 12.1 Å². The molecule has 132 valence electrons. The Morgan fingerprint density at radius 1 is 1.04 bits per heavy atom. The number of nitrogens with zero attached hydrogens (tertiary/aromatic N) is 2. The van der Waals surface area contributed by atoms with E-state index in [2.05, 4.69) is 33.5 Å². The normalized spacial score (nSPS) is 15.0. The maximum absolute atomic E-state index is 13.0. The van der Waals surface area contributed by atoms with Gasteiger partial charge in [-0.25, -0.2) is 4.39 Å². The lowest BCUT2D eigenvalue weighted by Gasteiger charge is -2.35. The summed E-state index contributed by atoms with van der Waals surface area (Å²) in [6.45, 7) is 4.68. The van der Waals surface area contributed by atoms with Crippen LogP contribution in [0.4, 0.5) is 15.8 Å². The Labute approximate surface area is 153 Å². The van der Waals surface area contributed by atoms with Gasteiger partial charge >= 0.3 is 0 Å². The summed E-state index contributed by atoms with van der Waals surface area (Å²) in [5.74, 6) is -0.231. The fourth-order valence-electron chi connectivity index (χ4n) is 2.85. The SMILES string of the molecule is CN1CCN(c2ccccc2NC(=S)NCc2ccc(F)cc2)CC1. The second-order valence-electron chi connectivity index (χ2n) is 6.24. The predicted octanol–water partition coefficient (Wildman–Crippen LogP) is 3.06. The van der Waals surface area contributed by atoms with Crippen LogP contribution in [-0.4, -0.2) is 43.2 Å². The molecule has 2 aromatic rings. The van der Waals surface area contributed by atoms with E-state index < -0.39 is 0 Å². The van der Waals surface area contributed by atoms with E-state index in [0.29, 0.717) is 11.7 Å². The molecule has 6 heteroatoms. The number of nitrogens with one attached hydrogen (secondary N) is 2. The van der Waals surface area contributed by atoms with Crippen LogP contribution in [0, 0.1) is 5.82 Å². The van der Waals surface area contributed by atoms with Crippen molar-refractivity contribution in [2.45, 2.75) is 6.54 Å². The Bertz CT molecular complexity index is 712. The van der Waals surface area contributed by atoms with Crippen LogP contribution in [0.2, 0.25) is 0 Å². The average molecular weight is 358 g/mol. The van der Waals surface area contributed by atoms with Crippen LogP contribution in [0.15, 0.2) is 48.5 Å². The van der Waals surface area contributed by atoms with Crippen molar-refractivity contribution in [3.8, 4) is 0 Å². The highest BCUT2D eigenvalue weighted by Crippen LogP contribution is 2.26. The summed E-state index contributed by atoms with van der Waals surface area (Å²) in [7, 11) is 2.15. The van der Waals surface area contributed by atoms with Gasteiger partial charge in [-0.2, -0.15) is 0 Å². The number of rotatable bonds is 4. The molecule has 1 saturated heterocycles. The van der Waals surface area contributed by atoms with Crippen molar-refractivity contribution in [1.82, 2.24) is 10.2 Å². The molecule has 0 radical (unpaired) electrons. The van der Waals surface area contributed by atoms with Crippen molar-refractivity contribution < 1.29 is 4.39 Å². The molecule has 2 N–H and O–H groups in total. The van der Waals surface area contributed by atoms with Gasteiger partial charge < -0.3 is 20.4 Å². The lowest BCUT2D eigenvalue weighted by atomic mass is 10.2. The number of likely N-dealkylation sites (N-methyl/N-ethyl adjacent to an activating group) is 1. The summed E-state index contributed by atoms with van der Waals surface area (Å²) >= 11 is 5.42. The first-order valence-corrected chi connectivity index (χ1v) is 8.84. The van der Waals surface area contributed by atoms with Crippen LogP contribution in [0.5, 0.6) is 0 Å². The maximum atomic E-state index is 13.0. The third-order valence-corrected chi connectivity index (χ3v) is 4.61. The second kappa shape index (κ2) is 8.27. The van der Waals surface area contributed by atoms with E-state index in [1.807, 2.05) is 18.2 Å². The summed E-state index contributed by atoms with van der Waals surface area (Å²) in [4.78, 5) is 4.71. The molecule has 4 nitrogen and oxygen atoms in total. The van der Waals surface area contributed by atoms with Crippen molar-refractivity contribution in [2.24, 2.45) is 0 Å². The third-order valence-electron chi connectivity index (χ3n) is 4.36. The molecular formula is C19H23FN4S. The Morgan fingerprint density at radius 2 is 1.72 bits per heavy atom. The van der Waals surface area contributed by atoms with Gasteiger partial charge in [-0.15, -0.1) is 0 Å². The van der Waals surface area contributed by atoms with Gasteiger partial charge in [0.05, 0.1) is 11.4 Å². The lowest BCUT2D eigenvalue weighted by molar-refractivity contribution is 0.313. The monoisotopic (exact) mass is 358 g/mol. The van der Waals surface area contributed by atoms with Gasteiger partial charge in [0.25, 0.3) is 0 Å². The number of benzene rings is 2. The summed E-state index contributed by atoms with van der Waals surface area (Å²) in [6.07, 6.45) is 0. The van der Waals surface area contributed by atoms with Gasteiger partial charge in [0.1, 0.15) is 5.82 Å². The van der Waals surface area contributed by atoms with Gasteiger partial charge in [-0.05, 0) is 49.1 Å². The zero-order valence-electron chi connectivity index (χ0n) is 14.3. The van der Waals surface area contributed by atoms with E-state index in [1.165, 1.54) is 17.8 Å².